The van der Waals surface area contributed by atoms with Crippen LogP contribution < -0.4 is 10.2 Å². The molecule has 1 atom stereocenters. The van der Waals surface area contributed by atoms with Crippen LogP contribution in [0.3, 0.4) is 0 Å². The van der Waals surface area contributed by atoms with Gasteiger partial charge < -0.3 is 0 Å². The minimum Gasteiger partial charge on any atom is -0.293 e. The summed E-state index contributed by atoms with van der Waals surface area (Å²) in [6, 6.07) is 7.51. The van der Waals surface area contributed by atoms with Crippen LogP contribution in [0.4, 0.5) is 10.5 Å². The minimum atomic E-state index is -0.332. The molecule has 1 heterocycles. The van der Waals surface area contributed by atoms with Gasteiger partial charge in [-0.25, -0.2) is 4.79 Å². The molecule has 4 heteroatoms. The second-order valence-corrected chi connectivity index (χ2v) is 4.33. The highest BCUT2D eigenvalue weighted by molar-refractivity contribution is 6.06. The summed E-state index contributed by atoms with van der Waals surface area (Å²) in [5, 5.41) is 2.36. The number of amides is 3. The Kier molecular flexibility index (Phi) is 3.13. The van der Waals surface area contributed by atoms with Crippen molar-refractivity contribution in [3.8, 4) is 0 Å². The minimum absolute atomic E-state index is 0.169. The first-order chi connectivity index (χ1) is 8.11. The third kappa shape index (κ3) is 2.30. The molecule has 0 spiro atoms. The lowest BCUT2D eigenvalue weighted by Crippen LogP contribution is -2.53. The summed E-state index contributed by atoms with van der Waals surface area (Å²) in [6.45, 7) is 4.33. The fourth-order valence-electron chi connectivity index (χ4n) is 1.90. The number of nitrogens with zero attached hydrogens (tertiary/aromatic N) is 1. The van der Waals surface area contributed by atoms with Crippen molar-refractivity contribution in [1.82, 2.24) is 5.32 Å². The maximum absolute atomic E-state index is 11.7. The number of carbonyl (C=O) groups is 2. The summed E-state index contributed by atoms with van der Waals surface area (Å²) < 4.78 is 0. The predicted molar refractivity (Wildman–Crippen MR) is 65.9 cm³/mol. The molecule has 1 aliphatic heterocycles. The fourth-order valence-corrected chi connectivity index (χ4v) is 1.90. The van der Waals surface area contributed by atoms with Gasteiger partial charge in [0.1, 0.15) is 0 Å². The van der Waals surface area contributed by atoms with Crippen LogP contribution in [0.1, 0.15) is 19.4 Å². The zero-order valence-corrected chi connectivity index (χ0v) is 10.1. The maximum Gasteiger partial charge on any atom is 0.328 e. The lowest BCUT2D eigenvalue weighted by molar-refractivity contribution is -0.123. The van der Waals surface area contributed by atoms with E-state index in [2.05, 4.69) is 12.2 Å². The molecule has 0 aromatic heterocycles. The van der Waals surface area contributed by atoms with E-state index in [4.69, 9.17) is 0 Å². The predicted octanol–water partition coefficient (Wildman–Crippen LogP) is 1.94. The average molecular weight is 232 g/mol. The fraction of sp³-hybridized carbons (Fsp3) is 0.385. The molecule has 0 saturated carbocycles. The maximum atomic E-state index is 11.7. The smallest absolute Gasteiger partial charge is 0.293 e. The average Bonchev–Trinajstić information content (AvgIpc) is 2.34. The highest BCUT2D eigenvalue weighted by atomic mass is 16.2. The van der Waals surface area contributed by atoms with Crippen molar-refractivity contribution in [2.75, 3.05) is 11.4 Å². The molecule has 1 fully saturated rings. The number of urea groups is 1. The van der Waals surface area contributed by atoms with E-state index in [1.54, 1.807) is 4.90 Å². The number of aryl methyl sites for hydroxylation is 1. The van der Waals surface area contributed by atoms with E-state index >= 15 is 0 Å². The van der Waals surface area contributed by atoms with E-state index in [9.17, 15) is 9.59 Å². The molecule has 0 bridgehead atoms. The second-order valence-electron chi connectivity index (χ2n) is 4.33. The summed E-state index contributed by atoms with van der Waals surface area (Å²) >= 11 is 0. The number of hydrogen-bond acceptors (Lipinski definition) is 2. The van der Waals surface area contributed by atoms with Crippen LogP contribution in [-0.2, 0) is 11.2 Å². The molecule has 1 unspecified atom stereocenters. The van der Waals surface area contributed by atoms with Crippen LogP contribution >= 0.6 is 0 Å². The van der Waals surface area contributed by atoms with E-state index in [0.29, 0.717) is 6.54 Å². The standard InChI is InChI=1S/C13H16N2O2/c1-3-10-5-4-6-11(7-10)15-8-9(2)12(16)14-13(15)17/h4-7,9H,3,8H2,1-2H3,(H,14,16,17). The van der Waals surface area contributed by atoms with Gasteiger partial charge in [0, 0.05) is 12.2 Å². The Balaban J connectivity index is 2.26. The Morgan fingerprint density at radius 1 is 1.41 bits per heavy atom. The SMILES string of the molecule is CCc1cccc(N2CC(C)C(=O)NC2=O)c1. The van der Waals surface area contributed by atoms with Crippen molar-refractivity contribution in [2.24, 2.45) is 5.92 Å². The summed E-state index contributed by atoms with van der Waals surface area (Å²) in [4.78, 5) is 24.7. The van der Waals surface area contributed by atoms with Gasteiger partial charge in [-0.1, -0.05) is 26.0 Å². The highest BCUT2D eigenvalue weighted by Gasteiger charge is 2.29. The molecular weight excluding hydrogens is 216 g/mol. The highest BCUT2D eigenvalue weighted by Crippen LogP contribution is 2.20. The lowest BCUT2D eigenvalue weighted by atomic mass is 10.1. The third-order valence-corrected chi connectivity index (χ3v) is 3.01. The molecule has 1 aromatic carbocycles. The van der Waals surface area contributed by atoms with E-state index in [0.717, 1.165) is 12.1 Å². The Bertz CT molecular complexity index is 456. The zero-order chi connectivity index (χ0) is 12.4. The van der Waals surface area contributed by atoms with Gasteiger partial charge in [0.2, 0.25) is 5.91 Å². The first-order valence-corrected chi connectivity index (χ1v) is 5.83. The molecule has 0 aliphatic carbocycles. The van der Waals surface area contributed by atoms with Crippen molar-refractivity contribution in [1.29, 1.82) is 0 Å². The van der Waals surface area contributed by atoms with Gasteiger partial charge in [0.05, 0.1) is 5.92 Å². The van der Waals surface area contributed by atoms with Crippen molar-refractivity contribution >= 4 is 17.6 Å². The van der Waals surface area contributed by atoms with Crippen LogP contribution in [-0.4, -0.2) is 18.5 Å². The Labute approximate surface area is 101 Å². The largest absolute Gasteiger partial charge is 0.328 e. The van der Waals surface area contributed by atoms with Crippen LogP contribution in [0.5, 0.6) is 0 Å². The van der Waals surface area contributed by atoms with Gasteiger partial charge in [-0.2, -0.15) is 0 Å². The molecule has 2 rings (SSSR count). The normalized spacial score (nSPS) is 20.4. The molecule has 1 aliphatic rings. The van der Waals surface area contributed by atoms with E-state index in [1.165, 1.54) is 5.56 Å². The van der Waals surface area contributed by atoms with Gasteiger partial charge >= 0.3 is 6.03 Å². The van der Waals surface area contributed by atoms with Crippen LogP contribution in [0.15, 0.2) is 24.3 Å². The van der Waals surface area contributed by atoms with Gasteiger partial charge in [0.15, 0.2) is 0 Å². The number of rotatable bonds is 2. The van der Waals surface area contributed by atoms with Crippen molar-refractivity contribution in [2.45, 2.75) is 20.3 Å². The molecule has 3 amide bonds. The summed E-state index contributed by atoms with van der Waals surface area (Å²) in [7, 11) is 0. The quantitative estimate of drug-likeness (QED) is 0.847. The molecule has 1 N–H and O–H groups in total. The second kappa shape index (κ2) is 4.57. The van der Waals surface area contributed by atoms with Crippen molar-refractivity contribution in [3.63, 3.8) is 0 Å². The number of nitrogens with one attached hydrogen (secondary N) is 1. The number of carbonyl (C=O) groups excluding carboxylic acids is 2. The Hall–Kier alpha value is -1.84. The number of imide groups is 1. The molecule has 0 radical (unpaired) electrons. The van der Waals surface area contributed by atoms with Crippen molar-refractivity contribution < 1.29 is 9.59 Å². The van der Waals surface area contributed by atoms with Gasteiger partial charge in [-0.3, -0.25) is 15.0 Å². The van der Waals surface area contributed by atoms with Crippen molar-refractivity contribution in [3.05, 3.63) is 29.8 Å². The topological polar surface area (TPSA) is 49.4 Å². The van der Waals surface area contributed by atoms with Crippen LogP contribution in [0.25, 0.3) is 0 Å². The molecular formula is C13H16N2O2. The summed E-state index contributed by atoms with van der Waals surface area (Å²) in [5.74, 6) is -0.365. The monoisotopic (exact) mass is 232 g/mol. The van der Waals surface area contributed by atoms with Crippen LogP contribution in [0.2, 0.25) is 0 Å². The van der Waals surface area contributed by atoms with Gasteiger partial charge in [-0.05, 0) is 24.1 Å². The number of anilines is 1. The first-order valence-electron chi connectivity index (χ1n) is 5.83. The molecule has 90 valence electrons. The summed E-state index contributed by atoms with van der Waals surface area (Å²) in [5.41, 5.74) is 2.03. The van der Waals surface area contributed by atoms with Crippen LogP contribution in [0, 0.1) is 5.92 Å². The summed E-state index contributed by atoms with van der Waals surface area (Å²) in [6.07, 6.45) is 0.928. The molecule has 17 heavy (non-hydrogen) atoms. The Morgan fingerprint density at radius 2 is 2.18 bits per heavy atom. The Morgan fingerprint density at radius 3 is 2.88 bits per heavy atom. The molecule has 1 saturated heterocycles. The number of hydrogen-bond donors (Lipinski definition) is 1. The van der Waals surface area contributed by atoms with Gasteiger partial charge in [0.25, 0.3) is 0 Å². The molecule has 4 nitrogen and oxygen atoms in total. The third-order valence-electron chi connectivity index (χ3n) is 3.01. The van der Waals surface area contributed by atoms with E-state index < -0.39 is 0 Å². The van der Waals surface area contributed by atoms with E-state index in [1.807, 2.05) is 31.2 Å². The van der Waals surface area contributed by atoms with Gasteiger partial charge in [-0.15, -0.1) is 0 Å². The number of benzene rings is 1. The van der Waals surface area contributed by atoms with E-state index in [-0.39, 0.29) is 17.9 Å². The molecule has 1 aromatic rings. The zero-order valence-electron chi connectivity index (χ0n) is 10.1. The lowest BCUT2D eigenvalue weighted by Gasteiger charge is -2.30. The first kappa shape index (κ1) is 11.6.